The number of carbonyl (C=O) groups excluding carboxylic acids is 1. The van der Waals surface area contributed by atoms with Gasteiger partial charge in [0.25, 0.3) is 5.91 Å². The minimum absolute atomic E-state index is 0.246. The van der Waals surface area contributed by atoms with Gasteiger partial charge >= 0.3 is 0 Å². The van der Waals surface area contributed by atoms with E-state index in [2.05, 4.69) is 10.3 Å². The fourth-order valence-electron chi connectivity index (χ4n) is 2.35. The smallest absolute Gasteiger partial charge is 0.257 e. The van der Waals surface area contributed by atoms with Crippen molar-refractivity contribution in [1.82, 2.24) is 4.98 Å². The molecule has 0 saturated heterocycles. The van der Waals surface area contributed by atoms with E-state index in [0.29, 0.717) is 16.6 Å². The summed E-state index contributed by atoms with van der Waals surface area (Å²) < 4.78 is 18.9. The van der Waals surface area contributed by atoms with Gasteiger partial charge in [0.2, 0.25) is 0 Å². The number of aromatic nitrogens is 1. The molecule has 0 aliphatic carbocycles. The van der Waals surface area contributed by atoms with Gasteiger partial charge in [-0.3, -0.25) is 10.1 Å². The molecule has 0 atom stereocenters. The van der Waals surface area contributed by atoms with Crippen LogP contribution in [0.4, 0.5) is 9.52 Å². The molecule has 0 aliphatic rings. The zero-order chi connectivity index (χ0) is 16.5. The van der Waals surface area contributed by atoms with Crippen molar-refractivity contribution in [2.24, 2.45) is 0 Å². The van der Waals surface area contributed by atoms with Crippen LogP contribution in [0.1, 0.15) is 10.4 Å². The standard InChI is InChI=1S/C18H11FN2O2S/c19-13-6-3-5-12(8-13)17(22)21-18-20-14(10-24-18)16-9-11-4-1-2-7-15(11)23-16/h1-10H,(H,20,21,22). The zero-order valence-corrected chi connectivity index (χ0v) is 13.1. The van der Waals surface area contributed by atoms with E-state index < -0.39 is 11.7 Å². The molecular weight excluding hydrogens is 327 g/mol. The molecule has 6 heteroatoms. The van der Waals surface area contributed by atoms with Crippen LogP contribution in [-0.4, -0.2) is 10.9 Å². The average Bonchev–Trinajstić information content (AvgIpc) is 3.21. The number of furan rings is 1. The number of fused-ring (bicyclic) bond motifs is 1. The van der Waals surface area contributed by atoms with Crippen molar-refractivity contribution in [2.75, 3.05) is 5.32 Å². The second-order valence-corrected chi connectivity index (χ2v) is 6.01. The number of halogens is 1. The summed E-state index contributed by atoms with van der Waals surface area (Å²) in [6.45, 7) is 0. The Morgan fingerprint density at radius 3 is 2.83 bits per heavy atom. The van der Waals surface area contributed by atoms with Crippen molar-refractivity contribution >= 4 is 33.3 Å². The lowest BCUT2D eigenvalue weighted by atomic mass is 10.2. The molecule has 118 valence electrons. The Labute approximate surface area is 140 Å². The Morgan fingerprint density at radius 1 is 1.12 bits per heavy atom. The Bertz CT molecular complexity index is 1010. The van der Waals surface area contributed by atoms with E-state index in [4.69, 9.17) is 4.42 Å². The van der Waals surface area contributed by atoms with Crippen molar-refractivity contribution in [1.29, 1.82) is 0 Å². The number of nitrogens with zero attached hydrogens (tertiary/aromatic N) is 1. The van der Waals surface area contributed by atoms with Gasteiger partial charge < -0.3 is 4.42 Å². The van der Waals surface area contributed by atoms with Gasteiger partial charge in [-0.25, -0.2) is 9.37 Å². The number of benzene rings is 2. The van der Waals surface area contributed by atoms with Crippen molar-refractivity contribution < 1.29 is 13.6 Å². The lowest BCUT2D eigenvalue weighted by Gasteiger charge is -2.01. The number of anilines is 1. The quantitative estimate of drug-likeness (QED) is 0.575. The average molecular weight is 338 g/mol. The lowest BCUT2D eigenvalue weighted by molar-refractivity contribution is 0.102. The third kappa shape index (κ3) is 2.79. The summed E-state index contributed by atoms with van der Waals surface area (Å²) in [6, 6.07) is 15.1. The highest BCUT2D eigenvalue weighted by Gasteiger charge is 2.13. The van der Waals surface area contributed by atoms with Gasteiger partial charge in [0.15, 0.2) is 10.9 Å². The Balaban J connectivity index is 1.57. The fourth-order valence-corrected chi connectivity index (χ4v) is 3.05. The van der Waals surface area contributed by atoms with Gasteiger partial charge in [0, 0.05) is 16.3 Å². The number of rotatable bonds is 3. The molecule has 2 aromatic heterocycles. The Hall–Kier alpha value is -2.99. The van der Waals surface area contributed by atoms with Crippen LogP contribution >= 0.6 is 11.3 Å². The van der Waals surface area contributed by atoms with E-state index in [1.54, 1.807) is 11.4 Å². The molecule has 0 spiro atoms. The second-order valence-electron chi connectivity index (χ2n) is 5.15. The highest BCUT2D eigenvalue weighted by molar-refractivity contribution is 7.14. The van der Waals surface area contributed by atoms with Gasteiger partial charge in [-0.1, -0.05) is 24.3 Å². The van der Waals surface area contributed by atoms with Crippen LogP contribution in [0.25, 0.3) is 22.4 Å². The maximum Gasteiger partial charge on any atom is 0.257 e. The van der Waals surface area contributed by atoms with Gasteiger partial charge in [0.1, 0.15) is 17.1 Å². The molecule has 0 radical (unpaired) electrons. The molecule has 4 aromatic rings. The van der Waals surface area contributed by atoms with E-state index in [1.807, 2.05) is 30.3 Å². The number of carbonyl (C=O) groups is 1. The first-order valence-electron chi connectivity index (χ1n) is 7.20. The first kappa shape index (κ1) is 14.6. The molecule has 2 heterocycles. The van der Waals surface area contributed by atoms with Crippen LogP contribution in [0, 0.1) is 5.82 Å². The molecule has 1 N–H and O–H groups in total. The highest BCUT2D eigenvalue weighted by atomic mass is 32.1. The van der Waals surface area contributed by atoms with Crippen molar-refractivity contribution in [3.05, 3.63) is 71.4 Å². The summed E-state index contributed by atoms with van der Waals surface area (Å²) in [5, 5.41) is 5.90. The highest BCUT2D eigenvalue weighted by Crippen LogP contribution is 2.30. The normalized spacial score (nSPS) is 10.9. The summed E-state index contributed by atoms with van der Waals surface area (Å²) >= 11 is 1.28. The van der Waals surface area contributed by atoms with Crippen LogP contribution in [0.15, 0.2) is 64.4 Å². The largest absolute Gasteiger partial charge is 0.454 e. The van der Waals surface area contributed by atoms with Crippen molar-refractivity contribution in [3.8, 4) is 11.5 Å². The molecule has 1 amide bonds. The maximum atomic E-state index is 13.2. The summed E-state index contributed by atoms with van der Waals surface area (Å²) in [7, 11) is 0. The first-order valence-corrected chi connectivity index (χ1v) is 8.08. The number of hydrogen-bond acceptors (Lipinski definition) is 4. The molecule has 0 bridgehead atoms. The topological polar surface area (TPSA) is 55.1 Å². The van der Waals surface area contributed by atoms with Gasteiger partial charge in [-0.15, -0.1) is 11.3 Å². The number of amides is 1. The predicted molar refractivity (Wildman–Crippen MR) is 91.7 cm³/mol. The van der Waals surface area contributed by atoms with Crippen LogP contribution < -0.4 is 5.32 Å². The van der Waals surface area contributed by atoms with Gasteiger partial charge in [-0.05, 0) is 30.3 Å². The third-order valence-electron chi connectivity index (χ3n) is 3.49. The Kier molecular flexibility index (Phi) is 3.59. The van der Waals surface area contributed by atoms with Crippen LogP contribution in [0.3, 0.4) is 0 Å². The number of hydrogen-bond donors (Lipinski definition) is 1. The van der Waals surface area contributed by atoms with Crippen LogP contribution in [0.5, 0.6) is 0 Å². The molecule has 0 unspecified atom stereocenters. The molecule has 4 rings (SSSR count). The Morgan fingerprint density at radius 2 is 2.00 bits per heavy atom. The third-order valence-corrected chi connectivity index (χ3v) is 4.25. The van der Waals surface area contributed by atoms with E-state index in [1.165, 1.54) is 29.5 Å². The molecule has 4 nitrogen and oxygen atoms in total. The molecule has 0 fully saturated rings. The van der Waals surface area contributed by atoms with Crippen molar-refractivity contribution in [3.63, 3.8) is 0 Å². The first-order chi connectivity index (χ1) is 11.7. The number of thiazole rings is 1. The summed E-state index contributed by atoms with van der Waals surface area (Å²) in [5.74, 6) is -0.219. The minimum Gasteiger partial charge on any atom is -0.454 e. The molecule has 0 aliphatic heterocycles. The monoisotopic (exact) mass is 338 g/mol. The lowest BCUT2D eigenvalue weighted by Crippen LogP contribution is -2.11. The van der Waals surface area contributed by atoms with E-state index >= 15 is 0 Å². The SMILES string of the molecule is O=C(Nc1nc(-c2cc3ccccc3o2)cs1)c1cccc(F)c1. The molecule has 24 heavy (non-hydrogen) atoms. The summed E-state index contributed by atoms with van der Waals surface area (Å²) in [4.78, 5) is 16.5. The summed E-state index contributed by atoms with van der Waals surface area (Å²) in [5.41, 5.74) is 1.67. The zero-order valence-electron chi connectivity index (χ0n) is 12.3. The van der Waals surface area contributed by atoms with Crippen LogP contribution in [-0.2, 0) is 0 Å². The predicted octanol–water partition coefficient (Wildman–Crippen LogP) is 4.95. The number of nitrogens with one attached hydrogen (secondary N) is 1. The number of para-hydroxylation sites is 1. The van der Waals surface area contributed by atoms with Gasteiger partial charge in [0.05, 0.1) is 0 Å². The van der Waals surface area contributed by atoms with Crippen LogP contribution in [0.2, 0.25) is 0 Å². The van der Waals surface area contributed by atoms with E-state index in [-0.39, 0.29) is 5.56 Å². The second kappa shape index (κ2) is 5.90. The van der Waals surface area contributed by atoms with Crippen molar-refractivity contribution in [2.45, 2.75) is 0 Å². The molecule has 2 aromatic carbocycles. The summed E-state index contributed by atoms with van der Waals surface area (Å²) in [6.07, 6.45) is 0. The maximum absolute atomic E-state index is 13.2. The fraction of sp³-hybridized carbons (Fsp3) is 0. The van der Waals surface area contributed by atoms with Gasteiger partial charge in [-0.2, -0.15) is 0 Å². The molecule has 0 saturated carbocycles. The van der Waals surface area contributed by atoms with E-state index in [0.717, 1.165) is 11.0 Å². The minimum atomic E-state index is -0.454. The van der Waals surface area contributed by atoms with E-state index in [9.17, 15) is 9.18 Å². The molecular formula is C18H11FN2O2S.